The van der Waals surface area contributed by atoms with E-state index in [2.05, 4.69) is 52.1 Å². The molecule has 0 atom stereocenters. The van der Waals surface area contributed by atoms with Crippen molar-refractivity contribution in [1.82, 2.24) is 14.9 Å². The van der Waals surface area contributed by atoms with Gasteiger partial charge >= 0.3 is 5.97 Å². The van der Waals surface area contributed by atoms with Crippen LogP contribution in [0.5, 0.6) is 0 Å². The lowest BCUT2D eigenvalue weighted by molar-refractivity contribution is 0.0690. The first kappa shape index (κ1) is 19.2. The highest BCUT2D eigenvalue weighted by Crippen LogP contribution is 2.21. The molecule has 5 heteroatoms. The van der Waals surface area contributed by atoms with Crippen molar-refractivity contribution < 1.29 is 9.90 Å². The maximum atomic E-state index is 11.0. The normalized spacial score (nSPS) is 14.2. The zero-order valence-corrected chi connectivity index (χ0v) is 15.9. The molecule has 3 rings (SSSR count). The zero-order chi connectivity index (χ0) is 19.1. The van der Waals surface area contributed by atoms with Gasteiger partial charge in [0.2, 0.25) is 0 Å². The Balaban J connectivity index is 1.68. The second-order valence-electron chi connectivity index (χ2n) is 7.25. The Labute approximate surface area is 160 Å². The van der Waals surface area contributed by atoms with Crippen LogP contribution in [0.15, 0.2) is 48.3 Å². The van der Waals surface area contributed by atoms with Crippen LogP contribution in [0, 0.1) is 6.92 Å². The molecule has 1 N–H and O–H groups in total. The van der Waals surface area contributed by atoms with Crippen molar-refractivity contribution in [1.29, 1.82) is 0 Å². The fourth-order valence-electron chi connectivity index (χ4n) is 3.38. The monoisotopic (exact) mass is 365 g/mol. The second-order valence-corrected chi connectivity index (χ2v) is 7.25. The van der Waals surface area contributed by atoms with Crippen molar-refractivity contribution in [2.45, 2.75) is 52.1 Å². The molecule has 1 heterocycles. The first-order valence-corrected chi connectivity index (χ1v) is 9.60. The van der Waals surface area contributed by atoms with Gasteiger partial charge in [0, 0.05) is 19.6 Å². The van der Waals surface area contributed by atoms with Gasteiger partial charge in [0.25, 0.3) is 0 Å². The molecule has 0 saturated carbocycles. The van der Waals surface area contributed by atoms with E-state index < -0.39 is 5.97 Å². The fourth-order valence-corrected chi connectivity index (χ4v) is 3.38. The number of benzene rings is 1. The van der Waals surface area contributed by atoms with Crippen molar-refractivity contribution in [3.8, 4) is 0 Å². The first-order valence-electron chi connectivity index (χ1n) is 9.60. The Bertz CT molecular complexity index is 782. The van der Waals surface area contributed by atoms with Crippen LogP contribution in [0.3, 0.4) is 0 Å². The standard InChI is InChI=1S/C22H27N3O2/c1-17-7-9-19(10-8-17)15-25(12-11-18-5-3-2-4-6-18)16-20-13-24-21(14-23-20)22(26)27/h5,7-10,13-14H,2-4,6,11-12,15-16H2,1H3,(H,26,27). The van der Waals surface area contributed by atoms with E-state index in [1.54, 1.807) is 11.8 Å². The molecule has 0 amide bonds. The number of aryl methyl sites for hydroxylation is 1. The lowest BCUT2D eigenvalue weighted by atomic mass is 9.97. The number of carboxylic acid groups (broad SMARTS) is 1. The number of aromatic nitrogens is 2. The lowest BCUT2D eigenvalue weighted by Crippen LogP contribution is -2.25. The summed E-state index contributed by atoms with van der Waals surface area (Å²) in [5.74, 6) is -1.05. The van der Waals surface area contributed by atoms with Gasteiger partial charge in [-0.1, -0.05) is 41.5 Å². The van der Waals surface area contributed by atoms with Gasteiger partial charge in [-0.15, -0.1) is 0 Å². The molecular formula is C22H27N3O2. The molecule has 0 radical (unpaired) electrons. The molecule has 27 heavy (non-hydrogen) atoms. The van der Waals surface area contributed by atoms with Crippen LogP contribution >= 0.6 is 0 Å². The molecule has 2 aromatic rings. The van der Waals surface area contributed by atoms with Crippen molar-refractivity contribution in [3.63, 3.8) is 0 Å². The second kappa shape index (κ2) is 9.42. The van der Waals surface area contributed by atoms with Crippen LogP contribution in [-0.4, -0.2) is 32.5 Å². The summed E-state index contributed by atoms with van der Waals surface area (Å²) in [6, 6.07) is 8.61. The van der Waals surface area contributed by atoms with E-state index in [9.17, 15) is 4.79 Å². The van der Waals surface area contributed by atoms with E-state index in [4.69, 9.17) is 5.11 Å². The largest absolute Gasteiger partial charge is 0.476 e. The first-order chi connectivity index (χ1) is 13.1. The third-order valence-electron chi connectivity index (χ3n) is 4.97. The Kier molecular flexibility index (Phi) is 6.71. The number of nitrogens with zero attached hydrogens (tertiary/aromatic N) is 3. The maximum absolute atomic E-state index is 11.0. The Morgan fingerprint density at radius 1 is 1.11 bits per heavy atom. The van der Waals surface area contributed by atoms with E-state index in [1.165, 1.54) is 43.0 Å². The highest BCUT2D eigenvalue weighted by atomic mass is 16.4. The molecule has 0 bridgehead atoms. The van der Waals surface area contributed by atoms with Gasteiger partial charge in [-0.05, 0) is 44.6 Å². The quantitative estimate of drug-likeness (QED) is 0.704. The number of allylic oxidation sites excluding steroid dienone is 1. The number of carboxylic acids is 1. The molecule has 1 aliphatic rings. The molecule has 0 spiro atoms. The summed E-state index contributed by atoms with van der Waals surface area (Å²) in [5, 5.41) is 8.98. The molecule has 142 valence electrons. The van der Waals surface area contributed by atoms with Gasteiger partial charge in [0.15, 0.2) is 5.69 Å². The van der Waals surface area contributed by atoms with E-state index >= 15 is 0 Å². The van der Waals surface area contributed by atoms with Crippen molar-refractivity contribution in [3.05, 3.63) is 70.8 Å². The molecule has 0 unspecified atom stereocenters. The summed E-state index contributed by atoms with van der Waals surface area (Å²) >= 11 is 0. The smallest absolute Gasteiger partial charge is 0.356 e. The van der Waals surface area contributed by atoms with Gasteiger partial charge in [0.1, 0.15) is 0 Å². The minimum atomic E-state index is -1.05. The number of hydrogen-bond acceptors (Lipinski definition) is 4. The van der Waals surface area contributed by atoms with E-state index in [-0.39, 0.29) is 5.69 Å². The van der Waals surface area contributed by atoms with Gasteiger partial charge in [-0.2, -0.15) is 0 Å². The summed E-state index contributed by atoms with van der Waals surface area (Å²) in [5.41, 5.74) is 4.87. The predicted molar refractivity (Wildman–Crippen MR) is 105 cm³/mol. The minimum Gasteiger partial charge on any atom is -0.476 e. The SMILES string of the molecule is Cc1ccc(CN(CCC2=CCCCC2)Cc2cnc(C(=O)O)cn2)cc1. The Morgan fingerprint density at radius 2 is 1.93 bits per heavy atom. The third kappa shape index (κ3) is 6.00. The minimum absolute atomic E-state index is 0.0174. The summed E-state index contributed by atoms with van der Waals surface area (Å²) in [7, 11) is 0. The maximum Gasteiger partial charge on any atom is 0.356 e. The average Bonchev–Trinajstić information content (AvgIpc) is 2.69. The number of aromatic carboxylic acids is 1. The molecular weight excluding hydrogens is 338 g/mol. The molecule has 1 aromatic heterocycles. The average molecular weight is 365 g/mol. The number of rotatable bonds is 8. The van der Waals surface area contributed by atoms with Crippen LogP contribution in [0.2, 0.25) is 0 Å². The van der Waals surface area contributed by atoms with Gasteiger partial charge in [-0.3, -0.25) is 9.88 Å². The van der Waals surface area contributed by atoms with Crippen LogP contribution in [-0.2, 0) is 13.1 Å². The van der Waals surface area contributed by atoms with Crippen LogP contribution in [0.25, 0.3) is 0 Å². The molecule has 0 saturated heterocycles. The van der Waals surface area contributed by atoms with Gasteiger partial charge < -0.3 is 5.11 Å². The summed E-state index contributed by atoms with van der Waals surface area (Å²) in [6.45, 7) is 4.56. The van der Waals surface area contributed by atoms with Crippen molar-refractivity contribution in [2.24, 2.45) is 0 Å². The highest BCUT2D eigenvalue weighted by molar-refractivity contribution is 5.84. The highest BCUT2D eigenvalue weighted by Gasteiger charge is 2.12. The Morgan fingerprint density at radius 3 is 2.56 bits per heavy atom. The molecule has 5 nitrogen and oxygen atoms in total. The molecule has 1 aliphatic carbocycles. The van der Waals surface area contributed by atoms with Crippen LogP contribution in [0.1, 0.15) is 59.4 Å². The third-order valence-corrected chi connectivity index (χ3v) is 4.97. The molecule has 1 aromatic carbocycles. The predicted octanol–water partition coefficient (Wildman–Crippen LogP) is 4.38. The molecule has 0 aliphatic heterocycles. The number of carbonyl (C=O) groups is 1. The Hall–Kier alpha value is -2.53. The van der Waals surface area contributed by atoms with Crippen molar-refractivity contribution in [2.75, 3.05) is 6.54 Å². The lowest BCUT2D eigenvalue weighted by Gasteiger charge is -2.23. The van der Waals surface area contributed by atoms with Crippen LogP contribution < -0.4 is 0 Å². The van der Waals surface area contributed by atoms with E-state index in [1.807, 2.05) is 0 Å². The van der Waals surface area contributed by atoms with E-state index in [0.717, 1.165) is 25.2 Å². The summed E-state index contributed by atoms with van der Waals surface area (Å²) < 4.78 is 0. The topological polar surface area (TPSA) is 66.3 Å². The van der Waals surface area contributed by atoms with Gasteiger partial charge in [0.05, 0.1) is 18.1 Å². The number of hydrogen-bond donors (Lipinski definition) is 1. The van der Waals surface area contributed by atoms with Crippen molar-refractivity contribution >= 4 is 5.97 Å². The summed E-state index contributed by atoms with van der Waals surface area (Å²) in [4.78, 5) is 21.6. The summed E-state index contributed by atoms with van der Waals surface area (Å²) in [6.07, 6.45) is 11.4. The van der Waals surface area contributed by atoms with Crippen LogP contribution in [0.4, 0.5) is 0 Å². The fraction of sp³-hybridized carbons (Fsp3) is 0.409. The van der Waals surface area contributed by atoms with E-state index in [0.29, 0.717) is 6.54 Å². The van der Waals surface area contributed by atoms with Gasteiger partial charge in [-0.25, -0.2) is 9.78 Å². The zero-order valence-electron chi connectivity index (χ0n) is 15.9. The molecule has 0 fully saturated rings.